The highest BCUT2D eigenvalue weighted by Gasteiger charge is 2.52. The fourth-order valence-corrected chi connectivity index (χ4v) is 6.13. The Morgan fingerprint density at radius 1 is 1.20 bits per heavy atom. The highest BCUT2D eigenvalue weighted by molar-refractivity contribution is 7.91. The Kier molecular flexibility index (Phi) is 4.25. The largest absolute Gasteiger partial charge is 0.486 e. The molecule has 4 rings (SSSR count). The lowest BCUT2D eigenvalue weighted by atomic mass is 10.1. The summed E-state index contributed by atoms with van der Waals surface area (Å²) in [6.45, 7) is 2.11. The summed E-state index contributed by atoms with van der Waals surface area (Å²) < 4.78 is 40.8. The summed E-state index contributed by atoms with van der Waals surface area (Å²) in [4.78, 5) is 3.92. The third-order valence-electron chi connectivity index (χ3n) is 4.82. The summed E-state index contributed by atoms with van der Waals surface area (Å²) in [6, 6.07) is 5.31. The van der Waals surface area contributed by atoms with Crippen LogP contribution in [-0.4, -0.2) is 75.5 Å². The predicted octanol–water partition coefficient (Wildman–Crippen LogP) is 0.677. The van der Waals surface area contributed by atoms with Crippen molar-refractivity contribution in [3.8, 4) is 11.5 Å². The van der Waals surface area contributed by atoms with Crippen molar-refractivity contribution in [1.29, 1.82) is 0 Å². The van der Waals surface area contributed by atoms with Crippen LogP contribution in [0.2, 0.25) is 0 Å². The molecule has 0 N–H and O–H groups in total. The zero-order valence-electron chi connectivity index (χ0n) is 13.9. The standard InChI is InChI=1S/C16H20N2O5S2/c1-21-5-4-17-12-9-25(19,20)10-13(12)18(16(17)24)11-2-3-14-15(8-11)23-7-6-22-14/h2-3,8,12-13H,4-7,9-10H2,1H3. The Morgan fingerprint density at radius 3 is 2.68 bits per heavy atom. The van der Waals surface area contributed by atoms with E-state index in [0.717, 1.165) is 5.69 Å². The van der Waals surface area contributed by atoms with E-state index in [9.17, 15) is 8.42 Å². The van der Waals surface area contributed by atoms with Gasteiger partial charge in [0.2, 0.25) is 0 Å². The van der Waals surface area contributed by atoms with E-state index in [1.54, 1.807) is 7.11 Å². The Hall–Kier alpha value is -1.58. The number of ether oxygens (including phenoxy) is 3. The van der Waals surface area contributed by atoms with Gasteiger partial charge in [-0.25, -0.2) is 8.42 Å². The molecule has 25 heavy (non-hydrogen) atoms. The van der Waals surface area contributed by atoms with Crippen LogP contribution >= 0.6 is 12.2 Å². The molecule has 136 valence electrons. The van der Waals surface area contributed by atoms with Gasteiger partial charge in [0.05, 0.1) is 30.2 Å². The minimum atomic E-state index is -3.08. The van der Waals surface area contributed by atoms with Gasteiger partial charge >= 0.3 is 0 Å². The topological polar surface area (TPSA) is 68.3 Å². The highest BCUT2D eigenvalue weighted by atomic mass is 32.2. The van der Waals surface area contributed by atoms with Gasteiger partial charge in [0.15, 0.2) is 26.4 Å². The van der Waals surface area contributed by atoms with Crippen molar-refractivity contribution in [1.82, 2.24) is 4.90 Å². The molecule has 3 aliphatic heterocycles. The SMILES string of the molecule is COCCN1C(=S)N(c2ccc3c(c2)OCCO3)C2CS(=O)(=O)CC21. The fraction of sp³-hybridized carbons (Fsp3) is 0.562. The second kappa shape index (κ2) is 6.30. The number of methoxy groups -OCH3 is 1. The Labute approximate surface area is 152 Å². The maximum absolute atomic E-state index is 12.2. The van der Waals surface area contributed by atoms with Crippen LogP contribution in [0.3, 0.4) is 0 Å². The zero-order chi connectivity index (χ0) is 17.6. The lowest BCUT2D eigenvalue weighted by molar-refractivity contribution is 0.169. The molecule has 1 aromatic carbocycles. The highest BCUT2D eigenvalue weighted by Crippen LogP contribution is 2.39. The second-order valence-corrected chi connectivity index (χ2v) is 8.90. The van der Waals surface area contributed by atoms with Crippen LogP contribution in [-0.2, 0) is 14.6 Å². The Bertz CT molecular complexity index is 798. The number of sulfone groups is 1. The molecule has 0 saturated carbocycles. The van der Waals surface area contributed by atoms with Crippen LogP contribution in [0.25, 0.3) is 0 Å². The van der Waals surface area contributed by atoms with E-state index in [1.807, 2.05) is 28.0 Å². The molecule has 2 saturated heterocycles. The molecule has 2 atom stereocenters. The first kappa shape index (κ1) is 16.9. The normalized spacial score (nSPS) is 26.8. The molecule has 9 heteroatoms. The summed E-state index contributed by atoms with van der Waals surface area (Å²) in [5, 5.41) is 0.638. The van der Waals surface area contributed by atoms with E-state index < -0.39 is 9.84 Å². The number of fused-ring (bicyclic) bond motifs is 2. The van der Waals surface area contributed by atoms with Crippen molar-refractivity contribution >= 4 is 32.9 Å². The number of thiocarbonyl (C=S) groups is 1. The van der Waals surface area contributed by atoms with Crippen molar-refractivity contribution in [3.05, 3.63) is 18.2 Å². The maximum atomic E-state index is 12.2. The van der Waals surface area contributed by atoms with Gasteiger partial charge in [0.25, 0.3) is 0 Å². The third-order valence-corrected chi connectivity index (χ3v) is 6.95. The van der Waals surface area contributed by atoms with E-state index in [2.05, 4.69) is 0 Å². The van der Waals surface area contributed by atoms with Crippen LogP contribution in [0.5, 0.6) is 11.5 Å². The molecule has 7 nitrogen and oxygen atoms in total. The number of hydrogen-bond acceptors (Lipinski definition) is 6. The van der Waals surface area contributed by atoms with Gasteiger partial charge in [-0.05, 0) is 24.4 Å². The summed E-state index contributed by atoms with van der Waals surface area (Å²) in [7, 11) is -1.46. The van der Waals surface area contributed by atoms with E-state index >= 15 is 0 Å². The number of rotatable bonds is 4. The average Bonchev–Trinajstić information content (AvgIpc) is 3.02. The van der Waals surface area contributed by atoms with Crippen LogP contribution in [0, 0.1) is 0 Å². The Balaban J connectivity index is 1.69. The van der Waals surface area contributed by atoms with Gasteiger partial charge in [-0.3, -0.25) is 0 Å². The van der Waals surface area contributed by atoms with E-state index in [4.69, 9.17) is 26.4 Å². The second-order valence-electron chi connectivity index (χ2n) is 6.38. The minimum absolute atomic E-state index is 0.107. The molecule has 2 fully saturated rings. The molecule has 0 amide bonds. The molecule has 0 bridgehead atoms. The van der Waals surface area contributed by atoms with Crippen LogP contribution in [0.15, 0.2) is 18.2 Å². The molecule has 3 heterocycles. The lowest BCUT2D eigenvalue weighted by Crippen LogP contribution is -2.39. The first-order valence-electron chi connectivity index (χ1n) is 8.19. The van der Waals surface area contributed by atoms with Gasteiger partial charge in [0.1, 0.15) is 13.2 Å². The maximum Gasteiger partial charge on any atom is 0.176 e. The first-order valence-corrected chi connectivity index (χ1v) is 10.4. The van der Waals surface area contributed by atoms with Crippen LogP contribution in [0.1, 0.15) is 0 Å². The van der Waals surface area contributed by atoms with Gasteiger partial charge in [-0.2, -0.15) is 0 Å². The van der Waals surface area contributed by atoms with Crippen molar-refractivity contribution in [2.75, 3.05) is 49.9 Å². The van der Waals surface area contributed by atoms with Gasteiger partial charge in [0, 0.05) is 25.4 Å². The summed E-state index contributed by atoms with van der Waals surface area (Å²) in [6.07, 6.45) is 0. The molecule has 0 spiro atoms. The molecule has 0 radical (unpaired) electrons. The number of anilines is 1. The van der Waals surface area contributed by atoms with Crippen LogP contribution in [0.4, 0.5) is 5.69 Å². The van der Waals surface area contributed by atoms with Gasteiger partial charge < -0.3 is 24.0 Å². The molecule has 0 aliphatic carbocycles. The monoisotopic (exact) mass is 384 g/mol. The lowest BCUT2D eigenvalue weighted by Gasteiger charge is -2.27. The van der Waals surface area contributed by atoms with E-state index in [-0.39, 0.29) is 23.6 Å². The number of nitrogens with zero attached hydrogens (tertiary/aromatic N) is 2. The summed E-state index contributed by atoms with van der Waals surface area (Å²) >= 11 is 5.67. The number of hydrogen-bond donors (Lipinski definition) is 0. The molecular weight excluding hydrogens is 364 g/mol. The predicted molar refractivity (Wildman–Crippen MR) is 97.3 cm³/mol. The number of benzene rings is 1. The Morgan fingerprint density at radius 2 is 1.92 bits per heavy atom. The van der Waals surface area contributed by atoms with Crippen molar-refractivity contribution in [2.24, 2.45) is 0 Å². The van der Waals surface area contributed by atoms with Crippen molar-refractivity contribution in [2.45, 2.75) is 12.1 Å². The van der Waals surface area contributed by atoms with Gasteiger partial charge in [-0.15, -0.1) is 0 Å². The minimum Gasteiger partial charge on any atom is -0.486 e. The average molecular weight is 384 g/mol. The van der Waals surface area contributed by atoms with Gasteiger partial charge in [-0.1, -0.05) is 0 Å². The molecule has 0 aromatic heterocycles. The quantitative estimate of drug-likeness (QED) is 0.702. The smallest absolute Gasteiger partial charge is 0.176 e. The molecular formula is C16H20N2O5S2. The third kappa shape index (κ3) is 2.94. The fourth-order valence-electron chi connectivity index (χ4n) is 3.71. The molecule has 3 aliphatic rings. The summed E-state index contributed by atoms with van der Waals surface area (Å²) in [5.41, 5.74) is 0.835. The molecule has 1 aromatic rings. The zero-order valence-corrected chi connectivity index (χ0v) is 15.5. The van der Waals surface area contributed by atoms with E-state index in [1.165, 1.54) is 0 Å². The van der Waals surface area contributed by atoms with Crippen LogP contribution < -0.4 is 14.4 Å². The van der Waals surface area contributed by atoms with Crippen molar-refractivity contribution < 1.29 is 22.6 Å². The first-order chi connectivity index (χ1) is 12.0. The van der Waals surface area contributed by atoms with Crippen molar-refractivity contribution in [3.63, 3.8) is 0 Å². The summed E-state index contributed by atoms with van der Waals surface area (Å²) in [5.74, 6) is 1.60. The van der Waals surface area contributed by atoms with E-state index in [0.29, 0.717) is 43.0 Å². The molecule has 2 unspecified atom stereocenters.